The number of nitrogens with one attached hydrogen (secondary N) is 1. The van der Waals surface area contributed by atoms with Gasteiger partial charge in [-0.05, 0) is 12.5 Å². The van der Waals surface area contributed by atoms with Crippen molar-refractivity contribution in [3.8, 4) is 0 Å². The number of rotatable bonds is 5. The first-order valence-electron chi connectivity index (χ1n) is 7.20. The zero-order chi connectivity index (χ0) is 15.5. The maximum absolute atomic E-state index is 12.4. The maximum Gasteiger partial charge on any atom is 0.324 e. The molecule has 0 radical (unpaired) electrons. The van der Waals surface area contributed by atoms with Crippen molar-refractivity contribution in [3.63, 3.8) is 0 Å². The van der Waals surface area contributed by atoms with Crippen LogP contribution in [0.2, 0.25) is 0 Å². The van der Waals surface area contributed by atoms with Crippen molar-refractivity contribution in [2.75, 3.05) is 6.54 Å². The number of urea groups is 1. The smallest absolute Gasteiger partial charge is 0.324 e. The third kappa shape index (κ3) is 3.01. The van der Waals surface area contributed by atoms with Crippen molar-refractivity contribution in [1.29, 1.82) is 0 Å². The summed E-state index contributed by atoms with van der Waals surface area (Å²) in [6.07, 6.45) is 1.19. The minimum atomic E-state index is -0.461. The molecule has 1 N–H and O–H groups in total. The van der Waals surface area contributed by atoms with Gasteiger partial charge in [-0.3, -0.25) is 9.69 Å². The molecular formula is C16H17N3O2S. The van der Waals surface area contributed by atoms with E-state index in [4.69, 9.17) is 0 Å². The van der Waals surface area contributed by atoms with Crippen molar-refractivity contribution in [1.82, 2.24) is 15.2 Å². The largest absolute Gasteiger partial charge is 0.325 e. The van der Waals surface area contributed by atoms with Gasteiger partial charge < -0.3 is 5.32 Å². The summed E-state index contributed by atoms with van der Waals surface area (Å²) < 4.78 is 0. The summed E-state index contributed by atoms with van der Waals surface area (Å²) in [5, 5.41) is 2.77. The molecule has 3 rings (SSSR count). The lowest BCUT2D eigenvalue weighted by molar-refractivity contribution is -0.127. The van der Waals surface area contributed by atoms with Gasteiger partial charge in [-0.15, -0.1) is 11.3 Å². The molecule has 0 aliphatic carbocycles. The van der Waals surface area contributed by atoms with Gasteiger partial charge in [-0.2, -0.15) is 0 Å². The molecule has 1 aliphatic rings. The van der Waals surface area contributed by atoms with Crippen LogP contribution in [-0.2, 0) is 17.6 Å². The van der Waals surface area contributed by atoms with Crippen LogP contribution in [0.1, 0.15) is 16.1 Å². The second-order valence-electron chi connectivity index (χ2n) is 5.29. The molecule has 114 valence electrons. The summed E-state index contributed by atoms with van der Waals surface area (Å²) in [5.41, 5.74) is 3.80. The van der Waals surface area contributed by atoms with Crippen molar-refractivity contribution < 1.29 is 9.59 Å². The quantitative estimate of drug-likeness (QED) is 0.860. The van der Waals surface area contributed by atoms with Crippen molar-refractivity contribution in [3.05, 3.63) is 52.0 Å². The topological polar surface area (TPSA) is 62.3 Å². The summed E-state index contributed by atoms with van der Waals surface area (Å²) in [4.78, 5) is 31.0. The van der Waals surface area contributed by atoms with Crippen LogP contribution in [0.4, 0.5) is 4.79 Å². The molecule has 1 atom stereocenters. The molecule has 1 aromatic carbocycles. The number of thiazole rings is 1. The average molecular weight is 315 g/mol. The highest BCUT2D eigenvalue weighted by Crippen LogP contribution is 2.16. The molecule has 0 unspecified atom stereocenters. The molecular weight excluding hydrogens is 298 g/mol. The Morgan fingerprint density at radius 2 is 2.05 bits per heavy atom. The molecule has 1 aliphatic heterocycles. The lowest BCUT2D eigenvalue weighted by Crippen LogP contribution is -2.33. The van der Waals surface area contributed by atoms with Crippen LogP contribution < -0.4 is 5.32 Å². The molecule has 2 heterocycles. The Bertz CT molecular complexity index is 684. The number of imide groups is 1. The summed E-state index contributed by atoms with van der Waals surface area (Å²) in [6, 6.07) is 8.96. The predicted octanol–water partition coefficient (Wildman–Crippen LogP) is 2.16. The summed E-state index contributed by atoms with van der Waals surface area (Å²) in [6.45, 7) is 2.34. The number of aromatic nitrogens is 1. The fourth-order valence-electron chi connectivity index (χ4n) is 2.56. The Morgan fingerprint density at radius 1 is 1.27 bits per heavy atom. The number of benzene rings is 1. The summed E-state index contributed by atoms with van der Waals surface area (Å²) in [5.74, 6) is -0.143. The second-order valence-corrected chi connectivity index (χ2v) is 6.23. The third-order valence-electron chi connectivity index (χ3n) is 3.80. The third-order valence-corrected chi connectivity index (χ3v) is 4.79. The van der Waals surface area contributed by atoms with E-state index in [1.165, 1.54) is 4.90 Å². The van der Waals surface area contributed by atoms with E-state index in [-0.39, 0.29) is 11.9 Å². The standard InChI is InChI=1S/C16H17N3O2S/c1-11-14(22-10-17-11)7-8-19-15(20)13(18-16(19)21)9-12-5-3-2-4-6-12/h2-6,10,13H,7-9H2,1H3,(H,18,21)/t13-/m1/s1. The van der Waals surface area contributed by atoms with Gasteiger partial charge in [0.15, 0.2) is 0 Å². The highest BCUT2D eigenvalue weighted by Gasteiger charge is 2.37. The van der Waals surface area contributed by atoms with Gasteiger partial charge in [-0.1, -0.05) is 30.3 Å². The monoisotopic (exact) mass is 315 g/mol. The number of carbonyl (C=O) groups is 2. The Kier molecular flexibility index (Phi) is 4.20. The molecule has 1 fully saturated rings. The predicted molar refractivity (Wildman–Crippen MR) is 84.7 cm³/mol. The number of carbonyl (C=O) groups excluding carboxylic acids is 2. The lowest BCUT2D eigenvalue weighted by atomic mass is 10.1. The van der Waals surface area contributed by atoms with E-state index in [0.29, 0.717) is 19.4 Å². The van der Waals surface area contributed by atoms with Crippen LogP contribution >= 0.6 is 11.3 Å². The van der Waals surface area contributed by atoms with E-state index in [2.05, 4.69) is 10.3 Å². The SMILES string of the molecule is Cc1ncsc1CCN1C(=O)N[C@H](Cc2ccccc2)C1=O. The highest BCUT2D eigenvalue weighted by atomic mass is 32.1. The van der Waals surface area contributed by atoms with E-state index in [1.54, 1.807) is 16.8 Å². The zero-order valence-corrected chi connectivity index (χ0v) is 13.1. The fourth-order valence-corrected chi connectivity index (χ4v) is 3.33. The minimum absolute atomic E-state index is 0.143. The first-order chi connectivity index (χ1) is 10.6. The number of hydrogen-bond donors (Lipinski definition) is 1. The first-order valence-corrected chi connectivity index (χ1v) is 8.08. The van der Waals surface area contributed by atoms with E-state index in [0.717, 1.165) is 16.1 Å². The van der Waals surface area contributed by atoms with Gasteiger partial charge >= 0.3 is 6.03 Å². The fraction of sp³-hybridized carbons (Fsp3) is 0.312. The summed E-state index contributed by atoms with van der Waals surface area (Å²) >= 11 is 1.56. The molecule has 0 bridgehead atoms. The van der Waals surface area contributed by atoms with Crippen LogP contribution in [0.25, 0.3) is 0 Å². The second kappa shape index (κ2) is 6.27. The molecule has 0 saturated carbocycles. The van der Waals surface area contributed by atoms with Gasteiger partial charge in [0.05, 0.1) is 11.2 Å². The molecule has 22 heavy (non-hydrogen) atoms. The Labute approximate surface area is 133 Å². The van der Waals surface area contributed by atoms with Gasteiger partial charge in [-0.25, -0.2) is 9.78 Å². The maximum atomic E-state index is 12.4. The van der Waals surface area contributed by atoms with E-state index in [9.17, 15) is 9.59 Å². The van der Waals surface area contributed by atoms with Crippen LogP contribution in [0.5, 0.6) is 0 Å². The first kappa shape index (κ1) is 14.7. The Hall–Kier alpha value is -2.21. The molecule has 0 spiro atoms. The summed E-state index contributed by atoms with van der Waals surface area (Å²) in [7, 11) is 0. The normalized spacial score (nSPS) is 17.9. The van der Waals surface area contributed by atoms with Crippen LogP contribution in [0, 0.1) is 6.92 Å². The van der Waals surface area contributed by atoms with Crippen LogP contribution in [0.3, 0.4) is 0 Å². The Morgan fingerprint density at radius 3 is 2.73 bits per heavy atom. The number of hydrogen-bond acceptors (Lipinski definition) is 4. The minimum Gasteiger partial charge on any atom is -0.325 e. The van der Waals surface area contributed by atoms with Gasteiger partial charge in [0.25, 0.3) is 5.91 Å². The van der Waals surface area contributed by atoms with Gasteiger partial charge in [0, 0.05) is 24.3 Å². The Balaban J connectivity index is 1.63. The van der Waals surface area contributed by atoms with E-state index >= 15 is 0 Å². The van der Waals surface area contributed by atoms with Crippen LogP contribution in [0.15, 0.2) is 35.8 Å². The van der Waals surface area contributed by atoms with Crippen molar-refractivity contribution in [2.45, 2.75) is 25.8 Å². The zero-order valence-electron chi connectivity index (χ0n) is 12.3. The molecule has 2 aromatic rings. The van der Waals surface area contributed by atoms with Crippen LogP contribution in [-0.4, -0.2) is 34.4 Å². The number of aryl methyl sites for hydroxylation is 1. The number of nitrogens with zero attached hydrogens (tertiary/aromatic N) is 2. The van der Waals surface area contributed by atoms with E-state index in [1.807, 2.05) is 37.3 Å². The van der Waals surface area contributed by atoms with Gasteiger partial charge in [0.1, 0.15) is 6.04 Å². The molecule has 5 nitrogen and oxygen atoms in total. The molecule has 1 saturated heterocycles. The molecule has 6 heteroatoms. The highest BCUT2D eigenvalue weighted by molar-refractivity contribution is 7.09. The van der Waals surface area contributed by atoms with E-state index < -0.39 is 6.04 Å². The molecule has 1 aromatic heterocycles. The van der Waals surface area contributed by atoms with Crippen molar-refractivity contribution in [2.24, 2.45) is 0 Å². The average Bonchev–Trinajstić information content (AvgIpc) is 3.03. The van der Waals surface area contributed by atoms with Crippen molar-refractivity contribution >= 4 is 23.3 Å². The molecule has 3 amide bonds. The lowest BCUT2D eigenvalue weighted by Gasteiger charge is -2.12. The number of amides is 3. The van der Waals surface area contributed by atoms with Gasteiger partial charge in [0.2, 0.25) is 0 Å².